The lowest BCUT2D eigenvalue weighted by atomic mass is 9.96. The first-order chi connectivity index (χ1) is 9.91. The minimum Gasteiger partial charge on any atom is -0.297 e. The van der Waals surface area contributed by atoms with E-state index in [0.717, 1.165) is 30.2 Å². The number of hydrogen-bond donors (Lipinski definition) is 2. The van der Waals surface area contributed by atoms with Gasteiger partial charge in [0.05, 0.1) is 6.07 Å². The third kappa shape index (κ3) is 5.56. The normalized spacial score (nSPS) is 14.1. The Labute approximate surface area is 130 Å². The van der Waals surface area contributed by atoms with Crippen LogP contribution in [0.5, 0.6) is 0 Å². The van der Waals surface area contributed by atoms with Gasteiger partial charge < -0.3 is 0 Å². The lowest BCUT2D eigenvalue weighted by molar-refractivity contribution is 0.372. The van der Waals surface area contributed by atoms with Gasteiger partial charge in [-0.15, -0.1) is 5.10 Å². The number of aromatic nitrogens is 3. The minimum absolute atomic E-state index is 0.154. The maximum atomic E-state index is 11.4. The maximum absolute atomic E-state index is 11.4. The number of hydrogen-bond acceptors (Lipinski definition) is 5. The van der Waals surface area contributed by atoms with Crippen LogP contribution in [0.25, 0.3) is 0 Å². The van der Waals surface area contributed by atoms with Crippen LogP contribution < -0.4 is 11.0 Å². The molecule has 0 aromatic carbocycles. The zero-order valence-electron chi connectivity index (χ0n) is 13.3. The molecule has 1 heterocycles. The van der Waals surface area contributed by atoms with Crippen molar-refractivity contribution in [3.63, 3.8) is 0 Å². The third-order valence-electron chi connectivity index (χ3n) is 3.20. The van der Waals surface area contributed by atoms with E-state index in [0.29, 0.717) is 12.6 Å². The van der Waals surface area contributed by atoms with E-state index < -0.39 is 5.54 Å². The van der Waals surface area contributed by atoms with Gasteiger partial charge in [-0.25, -0.2) is 9.89 Å². The molecule has 21 heavy (non-hydrogen) atoms. The molecule has 0 aliphatic rings. The maximum Gasteiger partial charge on any atom is 0.343 e. The first-order valence-electron chi connectivity index (χ1n) is 7.39. The predicted molar refractivity (Wildman–Crippen MR) is 85.4 cm³/mol. The molecule has 1 atom stereocenters. The average molecular weight is 311 g/mol. The molecule has 0 radical (unpaired) electrons. The summed E-state index contributed by atoms with van der Waals surface area (Å²) in [5.41, 5.74) is -0.616. The van der Waals surface area contributed by atoms with Crippen LogP contribution in [0.4, 0.5) is 0 Å². The van der Waals surface area contributed by atoms with E-state index in [-0.39, 0.29) is 5.69 Å². The molecule has 0 amide bonds. The van der Waals surface area contributed by atoms with E-state index in [4.69, 9.17) is 0 Å². The second-order valence-electron chi connectivity index (χ2n) is 5.60. The van der Waals surface area contributed by atoms with Crippen molar-refractivity contribution in [1.29, 1.82) is 5.26 Å². The Morgan fingerprint density at radius 3 is 2.81 bits per heavy atom. The van der Waals surface area contributed by atoms with Crippen molar-refractivity contribution in [2.75, 3.05) is 5.75 Å². The molecule has 1 aromatic heterocycles. The summed E-state index contributed by atoms with van der Waals surface area (Å²) in [6.45, 7) is 8.60. The fourth-order valence-electron chi connectivity index (χ4n) is 2.23. The Balaban J connectivity index is 2.34. The molecule has 118 valence electrons. The van der Waals surface area contributed by atoms with Crippen molar-refractivity contribution in [3.05, 3.63) is 10.5 Å². The van der Waals surface area contributed by atoms with Crippen molar-refractivity contribution >= 4 is 11.8 Å². The highest BCUT2D eigenvalue weighted by molar-refractivity contribution is 7.99. The Morgan fingerprint density at radius 1 is 1.52 bits per heavy atom. The number of thioether (sulfide) groups is 1. The van der Waals surface area contributed by atoms with E-state index in [1.165, 1.54) is 0 Å². The smallest absolute Gasteiger partial charge is 0.297 e. The van der Waals surface area contributed by atoms with Gasteiger partial charge in [0.1, 0.15) is 5.54 Å². The van der Waals surface area contributed by atoms with Crippen LogP contribution in [0.2, 0.25) is 0 Å². The first-order valence-corrected chi connectivity index (χ1v) is 8.37. The molecular formula is C14H25N5OS. The lowest BCUT2D eigenvalue weighted by Gasteiger charge is -2.25. The molecule has 6 nitrogen and oxygen atoms in total. The van der Waals surface area contributed by atoms with E-state index in [1.807, 2.05) is 27.7 Å². The highest BCUT2D eigenvalue weighted by Crippen LogP contribution is 2.19. The van der Waals surface area contributed by atoms with Gasteiger partial charge >= 0.3 is 5.69 Å². The average Bonchev–Trinajstić information content (AvgIpc) is 2.78. The number of nitrogens with zero attached hydrogens (tertiary/aromatic N) is 3. The van der Waals surface area contributed by atoms with E-state index in [1.54, 1.807) is 16.3 Å². The summed E-state index contributed by atoms with van der Waals surface area (Å²) in [5.74, 6) is 0.896. The van der Waals surface area contributed by atoms with Gasteiger partial charge in [-0.3, -0.25) is 9.88 Å². The molecule has 7 heteroatoms. The van der Waals surface area contributed by atoms with Gasteiger partial charge in [0.2, 0.25) is 0 Å². The summed E-state index contributed by atoms with van der Waals surface area (Å²) in [6, 6.07) is 2.66. The van der Waals surface area contributed by atoms with Crippen LogP contribution in [-0.2, 0) is 6.54 Å². The molecule has 0 spiro atoms. The summed E-state index contributed by atoms with van der Waals surface area (Å²) in [4.78, 5) is 11.4. The predicted octanol–water partition coefficient (Wildman–Crippen LogP) is 2.13. The largest absolute Gasteiger partial charge is 0.343 e. The van der Waals surface area contributed by atoms with Crippen molar-refractivity contribution in [1.82, 2.24) is 20.1 Å². The zero-order valence-corrected chi connectivity index (χ0v) is 14.1. The second kappa shape index (κ2) is 8.25. The summed E-state index contributed by atoms with van der Waals surface area (Å²) >= 11 is 1.58. The first kappa shape index (κ1) is 17.8. The summed E-state index contributed by atoms with van der Waals surface area (Å²) in [5, 5.41) is 19.8. The second-order valence-corrected chi connectivity index (χ2v) is 6.67. The number of unbranched alkanes of at least 4 members (excludes halogenated alkanes) is 1. The molecule has 0 saturated heterocycles. The minimum atomic E-state index is -0.462. The van der Waals surface area contributed by atoms with Gasteiger partial charge in [-0.2, -0.15) is 5.26 Å². The number of nitrogens with one attached hydrogen (secondary N) is 2. The quantitative estimate of drug-likeness (QED) is 0.539. The summed E-state index contributed by atoms with van der Waals surface area (Å²) in [6.07, 6.45) is 2.79. The summed E-state index contributed by atoms with van der Waals surface area (Å²) < 4.78 is 1.63. The molecule has 2 N–H and O–H groups in total. The number of nitriles is 1. The van der Waals surface area contributed by atoms with Gasteiger partial charge in [-0.05, 0) is 47.0 Å². The Morgan fingerprint density at radius 2 is 2.24 bits per heavy atom. The van der Waals surface area contributed by atoms with E-state index in [2.05, 4.69) is 21.6 Å². The van der Waals surface area contributed by atoms with Crippen molar-refractivity contribution in [2.24, 2.45) is 0 Å². The third-order valence-corrected chi connectivity index (χ3v) is 4.26. The van der Waals surface area contributed by atoms with Crippen LogP contribution in [0.3, 0.4) is 0 Å². The molecule has 1 unspecified atom stereocenters. The molecular weight excluding hydrogens is 286 g/mol. The van der Waals surface area contributed by atoms with Crippen LogP contribution in [0, 0.1) is 11.3 Å². The molecule has 0 saturated carbocycles. The molecule has 0 aliphatic heterocycles. The van der Waals surface area contributed by atoms with Crippen molar-refractivity contribution in [3.8, 4) is 6.07 Å². The van der Waals surface area contributed by atoms with Gasteiger partial charge in [0.15, 0.2) is 5.16 Å². The Kier molecular flexibility index (Phi) is 6.99. The van der Waals surface area contributed by atoms with E-state index in [9.17, 15) is 10.1 Å². The molecule has 1 rings (SSSR count). The lowest BCUT2D eigenvalue weighted by Crippen LogP contribution is -2.44. The number of rotatable bonds is 9. The van der Waals surface area contributed by atoms with Crippen LogP contribution in [0.1, 0.15) is 47.0 Å². The number of H-pyrrole nitrogens is 1. The van der Waals surface area contributed by atoms with Gasteiger partial charge in [0.25, 0.3) is 0 Å². The van der Waals surface area contributed by atoms with Crippen molar-refractivity contribution in [2.45, 2.75) is 70.2 Å². The van der Waals surface area contributed by atoms with Crippen LogP contribution in [0.15, 0.2) is 9.95 Å². The molecule has 0 bridgehead atoms. The van der Waals surface area contributed by atoms with E-state index >= 15 is 0 Å². The fourth-order valence-corrected chi connectivity index (χ4v) is 3.24. The zero-order chi connectivity index (χ0) is 15.9. The summed E-state index contributed by atoms with van der Waals surface area (Å²) in [7, 11) is 0. The number of aromatic amines is 1. The molecule has 0 fully saturated rings. The van der Waals surface area contributed by atoms with Crippen LogP contribution in [-0.4, -0.2) is 32.1 Å². The monoisotopic (exact) mass is 311 g/mol. The SMILES string of the molecule is CCn1c(SCCCCC(C)(C#N)NC(C)C)n[nH]c1=O. The van der Waals surface area contributed by atoms with Crippen LogP contribution >= 0.6 is 11.8 Å². The Hall–Kier alpha value is -1.26. The topological polar surface area (TPSA) is 86.5 Å². The van der Waals surface area contributed by atoms with Crippen molar-refractivity contribution < 1.29 is 0 Å². The highest BCUT2D eigenvalue weighted by atomic mass is 32.2. The Bertz CT molecular complexity index is 530. The van der Waals surface area contributed by atoms with Gasteiger partial charge in [0, 0.05) is 18.3 Å². The molecule has 0 aliphatic carbocycles. The standard InChI is InChI=1S/C14H25N5OS/c1-5-19-12(20)17-18-13(19)21-9-7-6-8-14(4,10-15)16-11(2)3/h11,16H,5-9H2,1-4H3,(H,17,20). The fraction of sp³-hybridized carbons (Fsp3) is 0.786. The highest BCUT2D eigenvalue weighted by Gasteiger charge is 2.23. The van der Waals surface area contributed by atoms with Gasteiger partial charge in [-0.1, -0.05) is 11.8 Å². The molecule has 1 aromatic rings.